The monoisotopic (exact) mass is 376 g/mol. The van der Waals surface area contributed by atoms with Crippen LogP contribution in [0.1, 0.15) is 59.3 Å². The van der Waals surface area contributed by atoms with Crippen molar-refractivity contribution < 1.29 is 19.1 Å². The van der Waals surface area contributed by atoms with Gasteiger partial charge < -0.3 is 15.8 Å². The smallest absolute Gasteiger partial charge is 0.306 e. The number of amides is 2. The summed E-state index contributed by atoms with van der Waals surface area (Å²) in [5.41, 5.74) is 6.87. The van der Waals surface area contributed by atoms with Crippen LogP contribution in [-0.2, 0) is 27.2 Å². The van der Waals surface area contributed by atoms with Gasteiger partial charge >= 0.3 is 5.97 Å². The first-order chi connectivity index (χ1) is 12.5. The Bertz CT molecular complexity index is 757. The predicted molar refractivity (Wildman–Crippen MR) is 98.0 cm³/mol. The molecule has 6 nitrogen and oxygen atoms in total. The van der Waals surface area contributed by atoms with Crippen LogP contribution in [0.15, 0.2) is 0 Å². The van der Waals surface area contributed by atoms with Crippen molar-refractivity contribution in [3.63, 3.8) is 0 Å². The Labute approximate surface area is 156 Å². The van der Waals surface area contributed by atoms with Crippen LogP contribution in [-0.4, -0.2) is 24.4 Å². The van der Waals surface area contributed by atoms with Gasteiger partial charge in [0.15, 0.2) is 6.61 Å². The zero-order chi connectivity index (χ0) is 18.3. The molecule has 3 aliphatic rings. The molecule has 1 heterocycles. The van der Waals surface area contributed by atoms with Gasteiger partial charge in [-0.25, -0.2) is 0 Å². The van der Waals surface area contributed by atoms with Crippen LogP contribution < -0.4 is 11.1 Å². The van der Waals surface area contributed by atoms with Crippen LogP contribution in [0.2, 0.25) is 0 Å². The van der Waals surface area contributed by atoms with Crippen molar-refractivity contribution in [1.29, 1.82) is 0 Å². The van der Waals surface area contributed by atoms with Gasteiger partial charge in [0.2, 0.25) is 0 Å². The van der Waals surface area contributed by atoms with E-state index >= 15 is 0 Å². The zero-order valence-corrected chi connectivity index (χ0v) is 15.5. The van der Waals surface area contributed by atoms with Crippen LogP contribution in [0.3, 0.4) is 0 Å². The number of fused-ring (bicyclic) bond motifs is 3. The van der Waals surface area contributed by atoms with Gasteiger partial charge in [-0.05, 0) is 61.8 Å². The quantitative estimate of drug-likeness (QED) is 0.746. The second-order valence-corrected chi connectivity index (χ2v) is 8.88. The summed E-state index contributed by atoms with van der Waals surface area (Å²) in [4.78, 5) is 37.0. The van der Waals surface area contributed by atoms with Gasteiger partial charge in [0.05, 0.1) is 5.56 Å². The van der Waals surface area contributed by atoms with E-state index in [9.17, 15) is 14.4 Å². The van der Waals surface area contributed by atoms with Gasteiger partial charge in [0, 0.05) is 11.3 Å². The molecule has 2 amide bonds. The maximum Gasteiger partial charge on any atom is 0.306 e. The molecule has 1 aromatic rings. The molecule has 0 radical (unpaired) electrons. The molecule has 0 saturated heterocycles. The summed E-state index contributed by atoms with van der Waals surface area (Å²) in [6, 6.07) is 0. The van der Waals surface area contributed by atoms with Crippen LogP contribution in [0, 0.1) is 17.8 Å². The largest absolute Gasteiger partial charge is 0.456 e. The molecule has 0 aromatic carbocycles. The molecule has 1 aromatic heterocycles. The van der Waals surface area contributed by atoms with Crippen molar-refractivity contribution >= 4 is 34.1 Å². The van der Waals surface area contributed by atoms with Crippen molar-refractivity contribution in [2.24, 2.45) is 23.5 Å². The molecule has 2 fully saturated rings. The molecule has 3 atom stereocenters. The summed E-state index contributed by atoms with van der Waals surface area (Å²) in [6.45, 7) is -0.319. The van der Waals surface area contributed by atoms with Crippen molar-refractivity contribution in [1.82, 2.24) is 0 Å². The van der Waals surface area contributed by atoms with E-state index in [-0.39, 0.29) is 12.6 Å². The third kappa shape index (κ3) is 3.37. The highest BCUT2D eigenvalue weighted by Gasteiger charge is 2.40. The third-order valence-electron chi connectivity index (χ3n) is 6.10. The first-order valence-corrected chi connectivity index (χ1v) is 10.2. The minimum Gasteiger partial charge on any atom is -0.456 e. The summed E-state index contributed by atoms with van der Waals surface area (Å²) in [5, 5.41) is 3.18. The molecular weight excluding hydrogens is 352 g/mol. The minimum absolute atomic E-state index is 0.304. The van der Waals surface area contributed by atoms with Gasteiger partial charge in [0.25, 0.3) is 11.8 Å². The number of nitrogens with one attached hydrogen (secondary N) is 1. The fourth-order valence-corrected chi connectivity index (χ4v) is 6.27. The number of rotatable bonds is 6. The van der Waals surface area contributed by atoms with Gasteiger partial charge in [-0.3, -0.25) is 14.4 Å². The molecule has 0 aliphatic heterocycles. The number of aryl methyl sites for hydroxylation is 1. The molecule has 4 rings (SSSR count). The fourth-order valence-electron chi connectivity index (χ4n) is 4.96. The lowest BCUT2D eigenvalue weighted by molar-refractivity contribution is -0.148. The molecule has 2 bridgehead atoms. The van der Waals surface area contributed by atoms with Crippen molar-refractivity contribution in [3.8, 4) is 0 Å². The van der Waals surface area contributed by atoms with Gasteiger partial charge in [-0.15, -0.1) is 11.3 Å². The third-order valence-corrected chi connectivity index (χ3v) is 7.31. The van der Waals surface area contributed by atoms with E-state index in [0.29, 0.717) is 28.8 Å². The second-order valence-electron chi connectivity index (χ2n) is 7.77. The van der Waals surface area contributed by atoms with Crippen LogP contribution in [0.5, 0.6) is 0 Å². The van der Waals surface area contributed by atoms with E-state index in [4.69, 9.17) is 10.5 Å². The Hall–Kier alpha value is -1.89. The number of hydrogen-bond acceptors (Lipinski definition) is 5. The van der Waals surface area contributed by atoms with Gasteiger partial charge in [0.1, 0.15) is 5.00 Å². The maximum absolute atomic E-state index is 12.1. The molecule has 140 valence electrons. The lowest BCUT2D eigenvalue weighted by atomic mass is 9.86. The highest BCUT2D eigenvalue weighted by molar-refractivity contribution is 7.17. The number of hydrogen-bond donors (Lipinski definition) is 2. The predicted octanol–water partition coefficient (Wildman–Crippen LogP) is 2.64. The second kappa shape index (κ2) is 7.02. The molecule has 3 N–H and O–H groups in total. The minimum atomic E-state index is -0.520. The Morgan fingerprint density at radius 2 is 2.04 bits per heavy atom. The number of carbonyl (C=O) groups is 3. The van der Waals surface area contributed by atoms with Crippen LogP contribution in [0.25, 0.3) is 0 Å². The highest BCUT2D eigenvalue weighted by Crippen LogP contribution is 2.49. The lowest BCUT2D eigenvalue weighted by Gasteiger charge is -2.20. The summed E-state index contributed by atoms with van der Waals surface area (Å²) < 4.78 is 5.16. The number of anilines is 1. The SMILES string of the molecule is NC(=O)c1c(NC(=O)COC(=O)C[C@@H]2C[C@H]3CC[C@@H]2C3)sc2c1CCC2. The molecule has 0 spiro atoms. The van der Waals surface area contributed by atoms with E-state index in [0.717, 1.165) is 42.0 Å². The number of ether oxygens (including phenoxy) is 1. The number of thiophene rings is 1. The average Bonchev–Trinajstić information content (AvgIpc) is 3.32. The van der Waals surface area contributed by atoms with Crippen molar-refractivity contribution in [2.45, 2.75) is 51.4 Å². The van der Waals surface area contributed by atoms with Crippen LogP contribution >= 0.6 is 11.3 Å². The standard InChI is InChI=1S/C19H24N2O4S/c20-18(24)17-13-2-1-3-14(13)26-19(17)21-15(22)9-25-16(23)8-12-7-10-4-5-11(12)6-10/h10-12H,1-9H2,(H2,20,24)(H,21,22)/t10-,11+,12-/m0/s1. The Balaban J connectivity index is 1.29. The lowest BCUT2D eigenvalue weighted by Crippen LogP contribution is -2.24. The zero-order valence-electron chi connectivity index (χ0n) is 14.7. The number of nitrogens with two attached hydrogens (primary N) is 1. The number of carbonyl (C=O) groups excluding carboxylic acids is 3. The summed E-state index contributed by atoms with van der Waals surface area (Å²) in [5.74, 6) is 0.622. The molecule has 3 aliphatic carbocycles. The van der Waals surface area contributed by atoms with Crippen molar-refractivity contribution in [3.05, 3.63) is 16.0 Å². The number of primary amides is 1. The molecule has 0 unspecified atom stereocenters. The Kier molecular flexibility index (Phi) is 4.73. The first-order valence-electron chi connectivity index (χ1n) is 9.41. The Morgan fingerprint density at radius 3 is 2.73 bits per heavy atom. The van der Waals surface area contributed by atoms with E-state index in [1.807, 2.05) is 0 Å². The molecular formula is C19H24N2O4S. The summed E-state index contributed by atoms with van der Waals surface area (Å²) in [7, 11) is 0. The van der Waals surface area contributed by atoms with Crippen molar-refractivity contribution in [2.75, 3.05) is 11.9 Å². The van der Waals surface area contributed by atoms with E-state index in [2.05, 4.69) is 5.32 Å². The first kappa shape index (κ1) is 17.5. The van der Waals surface area contributed by atoms with Gasteiger partial charge in [-0.1, -0.05) is 6.42 Å². The maximum atomic E-state index is 12.1. The summed E-state index contributed by atoms with van der Waals surface area (Å²) >= 11 is 1.40. The Morgan fingerprint density at radius 1 is 1.19 bits per heavy atom. The summed E-state index contributed by atoms with van der Waals surface area (Å²) in [6.07, 6.45) is 8.04. The van der Waals surface area contributed by atoms with Gasteiger partial charge in [-0.2, -0.15) is 0 Å². The molecule has 2 saturated carbocycles. The van der Waals surface area contributed by atoms with E-state index in [1.54, 1.807) is 0 Å². The highest BCUT2D eigenvalue weighted by atomic mass is 32.1. The van der Waals surface area contributed by atoms with E-state index in [1.165, 1.54) is 30.6 Å². The topological polar surface area (TPSA) is 98.5 Å². The average molecular weight is 376 g/mol. The molecule has 7 heteroatoms. The molecule has 26 heavy (non-hydrogen) atoms. The van der Waals surface area contributed by atoms with Crippen LogP contribution in [0.4, 0.5) is 5.00 Å². The number of esters is 1. The fraction of sp³-hybridized carbons (Fsp3) is 0.632. The van der Waals surface area contributed by atoms with E-state index < -0.39 is 11.8 Å². The normalized spacial score (nSPS) is 25.9.